The van der Waals surface area contributed by atoms with Gasteiger partial charge in [0.15, 0.2) is 11.6 Å². The molecule has 0 atom stereocenters. The summed E-state index contributed by atoms with van der Waals surface area (Å²) >= 11 is 5.65. The van der Waals surface area contributed by atoms with Gasteiger partial charge in [0.1, 0.15) is 12.4 Å². The second kappa shape index (κ2) is 5.99. The molecule has 0 saturated carbocycles. The lowest BCUT2D eigenvalue weighted by atomic mass is 10.2. The molecule has 2 nitrogen and oxygen atoms in total. The highest BCUT2D eigenvalue weighted by molar-refractivity contribution is 6.30. The Morgan fingerprint density at radius 2 is 1.84 bits per heavy atom. The Kier molecular flexibility index (Phi) is 4.35. The van der Waals surface area contributed by atoms with Crippen molar-refractivity contribution in [3.05, 3.63) is 64.2 Å². The van der Waals surface area contributed by atoms with Crippen molar-refractivity contribution in [2.75, 3.05) is 0 Å². The number of benzene rings is 2. The van der Waals surface area contributed by atoms with Crippen LogP contribution in [0.2, 0.25) is 5.02 Å². The van der Waals surface area contributed by atoms with E-state index in [-0.39, 0.29) is 18.9 Å². The maximum absolute atomic E-state index is 13.6. The van der Waals surface area contributed by atoms with E-state index in [1.54, 1.807) is 18.2 Å². The summed E-state index contributed by atoms with van der Waals surface area (Å²) < 4.78 is 32.5. The van der Waals surface area contributed by atoms with Crippen LogP contribution < -0.4 is 10.5 Å². The van der Waals surface area contributed by atoms with Gasteiger partial charge in [0.2, 0.25) is 0 Å². The van der Waals surface area contributed by atoms with Crippen LogP contribution in [0.25, 0.3) is 0 Å². The van der Waals surface area contributed by atoms with Crippen molar-refractivity contribution in [3.63, 3.8) is 0 Å². The first-order valence-electron chi connectivity index (χ1n) is 5.66. The van der Waals surface area contributed by atoms with Gasteiger partial charge in [-0.3, -0.25) is 0 Å². The molecule has 0 aliphatic carbocycles. The Balaban J connectivity index is 2.19. The van der Waals surface area contributed by atoms with Gasteiger partial charge in [-0.2, -0.15) is 0 Å². The van der Waals surface area contributed by atoms with E-state index >= 15 is 0 Å². The maximum Gasteiger partial charge on any atom is 0.165 e. The van der Waals surface area contributed by atoms with Gasteiger partial charge in [-0.15, -0.1) is 0 Å². The minimum atomic E-state index is -0.516. The predicted molar refractivity (Wildman–Crippen MR) is 70.0 cm³/mol. The van der Waals surface area contributed by atoms with Gasteiger partial charge in [0.05, 0.1) is 0 Å². The van der Waals surface area contributed by atoms with Crippen molar-refractivity contribution < 1.29 is 13.5 Å². The highest BCUT2D eigenvalue weighted by Gasteiger charge is 2.10. The zero-order chi connectivity index (χ0) is 13.8. The Bertz CT molecular complexity index is 590. The van der Waals surface area contributed by atoms with Crippen LogP contribution in [-0.2, 0) is 13.2 Å². The minimum Gasteiger partial charge on any atom is -0.485 e. The molecule has 0 aromatic heterocycles. The average molecular weight is 284 g/mol. The van der Waals surface area contributed by atoms with E-state index in [1.165, 1.54) is 18.2 Å². The monoisotopic (exact) mass is 283 g/mol. The van der Waals surface area contributed by atoms with E-state index in [1.807, 2.05) is 0 Å². The molecule has 19 heavy (non-hydrogen) atoms. The van der Waals surface area contributed by atoms with Crippen molar-refractivity contribution >= 4 is 11.6 Å². The van der Waals surface area contributed by atoms with Crippen molar-refractivity contribution in [2.45, 2.75) is 13.2 Å². The van der Waals surface area contributed by atoms with Gasteiger partial charge in [-0.1, -0.05) is 29.8 Å². The third-order valence-electron chi connectivity index (χ3n) is 2.66. The quantitative estimate of drug-likeness (QED) is 0.929. The van der Waals surface area contributed by atoms with Gasteiger partial charge in [-0.25, -0.2) is 8.78 Å². The van der Waals surface area contributed by atoms with Crippen LogP contribution in [0, 0.1) is 11.6 Å². The highest BCUT2D eigenvalue weighted by atomic mass is 35.5. The molecule has 0 aliphatic heterocycles. The van der Waals surface area contributed by atoms with Crippen molar-refractivity contribution in [1.82, 2.24) is 0 Å². The summed E-state index contributed by atoms with van der Waals surface area (Å²) in [5, 5.41) is 0.301. The lowest BCUT2D eigenvalue weighted by molar-refractivity contribution is 0.281. The van der Waals surface area contributed by atoms with E-state index in [0.717, 1.165) is 0 Å². The van der Waals surface area contributed by atoms with E-state index in [0.29, 0.717) is 16.1 Å². The predicted octanol–water partition coefficient (Wildman–Crippen LogP) is 3.66. The van der Waals surface area contributed by atoms with Crippen molar-refractivity contribution in [1.29, 1.82) is 0 Å². The Labute approximate surface area is 114 Å². The molecule has 0 radical (unpaired) electrons. The molecular formula is C14H12ClF2NO. The standard InChI is InChI=1S/C14H12ClF2NO/c15-11-5-4-10(13(17)6-11)8-19-14-9(7-18)2-1-3-12(14)16/h1-6H,7-8,18H2. The second-order valence-corrected chi connectivity index (χ2v) is 4.39. The number of halogens is 3. The molecule has 0 amide bonds. The van der Waals surface area contributed by atoms with Gasteiger partial charge in [-0.05, 0) is 18.2 Å². The second-order valence-electron chi connectivity index (χ2n) is 3.96. The molecule has 2 aromatic carbocycles. The first kappa shape index (κ1) is 13.8. The van der Waals surface area contributed by atoms with Crippen LogP contribution in [0.1, 0.15) is 11.1 Å². The van der Waals surface area contributed by atoms with E-state index in [4.69, 9.17) is 22.1 Å². The van der Waals surface area contributed by atoms with Crippen LogP contribution >= 0.6 is 11.6 Å². The summed E-state index contributed by atoms with van der Waals surface area (Å²) in [7, 11) is 0. The van der Waals surface area contributed by atoms with E-state index in [2.05, 4.69) is 0 Å². The molecule has 0 fully saturated rings. The Morgan fingerprint density at radius 1 is 1.05 bits per heavy atom. The summed E-state index contributed by atoms with van der Waals surface area (Å²) in [6.07, 6.45) is 0. The number of rotatable bonds is 4. The van der Waals surface area contributed by atoms with Gasteiger partial charge < -0.3 is 10.5 Å². The summed E-state index contributed by atoms with van der Waals surface area (Å²) in [6, 6.07) is 8.72. The molecule has 0 unspecified atom stereocenters. The smallest absolute Gasteiger partial charge is 0.165 e. The summed E-state index contributed by atoms with van der Waals surface area (Å²) in [6.45, 7) is 0.0626. The number of para-hydroxylation sites is 1. The third-order valence-corrected chi connectivity index (χ3v) is 2.89. The molecule has 100 valence electrons. The molecule has 0 spiro atoms. The molecule has 0 heterocycles. The van der Waals surface area contributed by atoms with Gasteiger partial charge >= 0.3 is 0 Å². The molecule has 2 N–H and O–H groups in total. The fraction of sp³-hybridized carbons (Fsp3) is 0.143. The number of hydrogen-bond acceptors (Lipinski definition) is 2. The first-order valence-corrected chi connectivity index (χ1v) is 6.04. The third kappa shape index (κ3) is 3.22. The van der Waals surface area contributed by atoms with E-state index in [9.17, 15) is 8.78 Å². The van der Waals surface area contributed by atoms with Crippen LogP contribution in [-0.4, -0.2) is 0 Å². The normalized spacial score (nSPS) is 10.5. The van der Waals surface area contributed by atoms with Gasteiger partial charge in [0, 0.05) is 22.7 Å². The first-order chi connectivity index (χ1) is 9.11. The summed E-state index contributed by atoms with van der Waals surface area (Å²) in [5.74, 6) is -0.949. The molecule has 0 bridgehead atoms. The number of nitrogens with two attached hydrogens (primary N) is 1. The summed E-state index contributed by atoms with van der Waals surface area (Å²) in [4.78, 5) is 0. The number of ether oxygens (including phenoxy) is 1. The SMILES string of the molecule is NCc1cccc(F)c1OCc1ccc(Cl)cc1F. The average Bonchev–Trinajstić information content (AvgIpc) is 2.39. The van der Waals surface area contributed by atoms with Gasteiger partial charge in [0.25, 0.3) is 0 Å². The molecule has 0 aliphatic rings. The fourth-order valence-electron chi connectivity index (χ4n) is 1.66. The fourth-order valence-corrected chi connectivity index (χ4v) is 1.82. The molecule has 5 heteroatoms. The lowest BCUT2D eigenvalue weighted by Gasteiger charge is -2.11. The Morgan fingerprint density at radius 3 is 2.53 bits per heavy atom. The minimum absolute atomic E-state index is 0.0550. The molecular weight excluding hydrogens is 272 g/mol. The van der Waals surface area contributed by atoms with Crippen molar-refractivity contribution in [3.8, 4) is 5.75 Å². The van der Waals surface area contributed by atoms with Crippen LogP contribution in [0.15, 0.2) is 36.4 Å². The van der Waals surface area contributed by atoms with Crippen LogP contribution in [0.4, 0.5) is 8.78 Å². The largest absolute Gasteiger partial charge is 0.485 e. The zero-order valence-corrected chi connectivity index (χ0v) is 10.8. The summed E-state index contributed by atoms with van der Waals surface area (Å²) in [5.41, 5.74) is 6.34. The highest BCUT2D eigenvalue weighted by Crippen LogP contribution is 2.24. The topological polar surface area (TPSA) is 35.2 Å². The lowest BCUT2D eigenvalue weighted by Crippen LogP contribution is -2.05. The van der Waals surface area contributed by atoms with Crippen LogP contribution in [0.3, 0.4) is 0 Å². The van der Waals surface area contributed by atoms with Crippen molar-refractivity contribution in [2.24, 2.45) is 5.73 Å². The van der Waals surface area contributed by atoms with E-state index < -0.39 is 11.6 Å². The maximum atomic E-state index is 13.6. The molecule has 0 saturated heterocycles. The molecule has 2 aromatic rings. The molecule has 2 rings (SSSR count). The zero-order valence-electron chi connectivity index (χ0n) is 10.00. The van der Waals surface area contributed by atoms with Crippen LogP contribution in [0.5, 0.6) is 5.75 Å². The Hall–Kier alpha value is -1.65. The number of hydrogen-bond donors (Lipinski definition) is 1.